The molecule has 0 amide bonds. The molecule has 0 saturated heterocycles. The Labute approximate surface area is 109 Å². The molecular weight excluding hydrogens is 286 g/mol. The van der Waals surface area contributed by atoms with Crippen LogP contribution in [0.4, 0.5) is 17.6 Å². The van der Waals surface area contributed by atoms with E-state index in [0.717, 1.165) is 0 Å². The van der Waals surface area contributed by atoms with E-state index < -0.39 is 25.2 Å². The van der Waals surface area contributed by atoms with Crippen molar-refractivity contribution in [3.05, 3.63) is 23.8 Å². The van der Waals surface area contributed by atoms with Crippen LogP contribution in [-0.4, -0.2) is 24.0 Å². The van der Waals surface area contributed by atoms with Gasteiger partial charge in [-0.05, 0) is 12.3 Å². The number of ether oxygens (including phenoxy) is 1. The number of fused-ring (bicyclic) bond motifs is 1. The summed E-state index contributed by atoms with van der Waals surface area (Å²) in [5.74, 6) is -0.465. The van der Waals surface area contributed by atoms with Gasteiger partial charge >= 0.3 is 6.18 Å². The van der Waals surface area contributed by atoms with E-state index in [4.69, 9.17) is 4.42 Å². The second-order valence-electron chi connectivity index (χ2n) is 3.67. The molecule has 104 valence electrons. The van der Waals surface area contributed by atoms with Gasteiger partial charge < -0.3 is 9.15 Å². The molecule has 0 aliphatic rings. The molecule has 19 heavy (non-hydrogen) atoms. The number of rotatable bonds is 4. The molecule has 0 aliphatic heterocycles. The number of oxazole rings is 1. The van der Waals surface area contributed by atoms with E-state index in [1.807, 2.05) is 0 Å². The summed E-state index contributed by atoms with van der Waals surface area (Å²) in [5, 5.41) is 0. The number of halogens is 4. The van der Waals surface area contributed by atoms with E-state index in [1.165, 1.54) is 23.9 Å². The number of hydrogen-bond acceptors (Lipinski definition) is 4. The third-order valence-corrected chi connectivity index (χ3v) is 2.95. The van der Waals surface area contributed by atoms with E-state index in [9.17, 15) is 17.6 Å². The Morgan fingerprint density at radius 3 is 2.74 bits per heavy atom. The SMILES string of the molecule is CSc1cc2oc(COCC(F)(F)F)nc2cc1F. The molecule has 0 aliphatic carbocycles. The summed E-state index contributed by atoms with van der Waals surface area (Å²) in [4.78, 5) is 4.24. The summed E-state index contributed by atoms with van der Waals surface area (Å²) in [5.41, 5.74) is 0.567. The van der Waals surface area contributed by atoms with Crippen LogP contribution in [0.3, 0.4) is 0 Å². The lowest BCUT2D eigenvalue weighted by molar-refractivity contribution is -0.177. The normalized spacial score (nSPS) is 12.3. The van der Waals surface area contributed by atoms with Crippen LogP contribution in [0.1, 0.15) is 5.89 Å². The Morgan fingerprint density at radius 1 is 1.37 bits per heavy atom. The van der Waals surface area contributed by atoms with Crippen LogP contribution < -0.4 is 0 Å². The second kappa shape index (κ2) is 5.38. The average Bonchev–Trinajstić information content (AvgIpc) is 2.67. The van der Waals surface area contributed by atoms with Crippen molar-refractivity contribution in [2.75, 3.05) is 12.9 Å². The van der Waals surface area contributed by atoms with Crippen molar-refractivity contribution in [2.45, 2.75) is 17.7 Å². The molecule has 1 heterocycles. The summed E-state index contributed by atoms with van der Waals surface area (Å²) < 4.78 is 58.7. The van der Waals surface area contributed by atoms with Gasteiger partial charge in [0.1, 0.15) is 24.5 Å². The standard InChI is InChI=1S/C11H9F4NO2S/c1-19-9-3-8-7(2-6(9)12)16-10(18-8)4-17-5-11(13,14)15/h2-3H,4-5H2,1H3. The van der Waals surface area contributed by atoms with Gasteiger partial charge in [-0.3, -0.25) is 0 Å². The van der Waals surface area contributed by atoms with Gasteiger partial charge in [0.15, 0.2) is 5.58 Å². The summed E-state index contributed by atoms with van der Waals surface area (Å²) in [6, 6.07) is 2.63. The molecule has 2 aromatic rings. The number of hydrogen-bond donors (Lipinski definition) is 0. The van der Waals surface area contributed by atoms with Gasteiger partial charge in [0, 0.05) is 11.0 Å². The van der Waals surface area contributed by atoms with Crippen molar-refractivity contribution in [3.63, 3.8) is 0 Å². The smallest absolute Gasteiger partial charge is 0.411 e. The van der Waals surface area contributed by atoms with Crippen molar-refractivity contribution in [1.29, 1.82) is 0 Å². The molecule has 0 saturated carbocycles. The van der Waals surface area contributed by atoms with Gasteiger partial charge in [-0.25, -0.2) is 9.37 Å². The van der Waals surface area contributed by atoms with Crippen molar-refractivity contribution in [3.8, 4) is 0 Å². The fourth-order valence-electron chi connectivity index (χ4n) is 1.45. The van der Waals surface area contributed by atoms with Crippen molar-refractivity contribution >= 4 is 22.9 Å². The monoisotopic (exact) mass is 295 g/mol. The minimum absolute atomic E-state index is 0.0168. The summed E-state index contributed by atoms with van der Waals surface area (Å²) in [7, 11) is 0. The second-order valence-corrected chi connectivity index (χ2v) is 4.52. The Bertz CT molecular complexity index is 582. The van der Waals surface area contributed by atoms with E-state index in [2.05, 4.69) is 9.72 Å². The number of thioether (sulfide) groups is 1. The highest BCUT2D eigenvalue weighted by Crippen LogP contribution is 2.26. The molecule has 0 bridgehead atoms. The Balaban J connectivity index is 2.13. The molecular formula is C11H9F4NO2S. The first-order valence-corrected chi connectivity index (χ1v) is 6.39. The number of benzene rings is 1. The maximum atomic E-state index is 13.5. The summed E-state index contributed by atoms with van der Waals surface area (Å²) in [6.45, 7) is -1.79. The number of aromatic nitrogens is 1. The third kappa shape index (κ3) is 3.60. The molecule has 0 spiro atoms. The summed E-state index contributed by atoms with van der Waals surface area (Å²) in [6.07, 6.45) is -2.70. The topological polar surface area (TPSA) is 35.3 Å². The largest absolute Gasteiger partial charge is 0.438 e. The highest BCUT2D eigenvalue weighted by atomic mass is 32.2. The fourth-order valence-corrected chi connectivity index (χ4v) is 1.93. The lowest BCUT2D eigenvalue weighted by Gasteiger charge is -2.04. The van der Waals surface area contributed by atoms with Gasteiger partial charge in [0.2, 0.25) is 5.89 Å². The maximum Gasteiger partial charge on any atom is 0.411 e. The zero-order valence-corrected chi connectivity index (χ0v) is 10.6. The highest BCUT2D eigenvalue weighted by Gasteiger charge is 2.27. The predicted octanol–water partition coefficient (Wildman–Crippen LogP) is 3.77. The molecule has 0 unspecified atom stereocenters. The van der Waals surface area contributed by atoms with Crippen LogP contribution in [0.2, 0.25) is 0 Å². The zero-order chi connectivity index (χ0) is 14.0. The minimum Gasteiger partial charge on any atom is -0.438 e. The Morgan fingerprint density at radius 2 is 2.11 bits per heavy atom. The van der Waals surface area contributed by atoms with Crippen LogP contribution in [0.5, 0.6) is 0 Å². The van der Waals surface area contributed by atoms with Gasteiger partial charge in [0.25, 0.3) is 0 Å². The van der Waals surface area contributed by atoms with Crippen LogP contribution >= 0.6 is 11.8 Å². The van der Waals surface area contributed by atoms with Crippen LogP contribution in [0.15, 0.2) is 21.4 Å². The molecule has 0 N–H and O–H groups in total. The Kier molecular flexibility index (Phi) is 4.00. The van der Waals surface area contributed by atoms with E-state index >= 15 is 0 Å². The lowest BCUT2D eigenvalue weighted by atomic mass is 10.3. The molecule has 3 nitrogen and oxygen atoms in total. The van der Waals surface area contributed by atoms with Gasteiger partial charge in [-0.1, -0.05) is 0 Å². The fraction of sp³-hybridized carbons (Fsp3) is 0.364. The van der Waals surface area contributed by atoms with Crippen LogP contribution in [-0.2, 0) is 11.3 Å². The zero-order valence-electron chi connectivity index (χ0n) is 9.75. The maximum absolute atomic E-state index is 13.5. The minimum atomic E-state index is -4.40. The van der Waals surface area contributed by atoms with Gasteiger partial charge in [-0.2, -0.15) is 13.2 Å². The van der Waals surface area contributed by atoms with Crippen molar-refractivity contribution in [1.82, 2.24) is 4.98 Å². The van der Waals surface area contributed by atoms with E-state index in [0.29, 0.717) is 10.5 Å². The first kappa shape index (κ1) is 14.1. The third-order valence-electron chi connectivity index (χ3n) is 2.20. The van der Waals surface area contributed by atoms with Crippen LogP contribution in [0.25, 0.3) is 11.1 Å². The van der Waals surface area contributed by atoms with Crippen molar-refractivity contribution < 1.29 is 26.7 Å². The molecule has 0 radical (unpaired) electrons. The predicted molar refractivity (Wildman–Crippen MR) is 61.5 cm³/mol. The van der Waals surface area contributed by atoms with E-state index in [-0.39, 0.29) is 11.4 Å². The Hall–Kier alpha value is -1.28. The van der Waals surface area contributed by atoms with Crippen molar-refractivity contribution in [2.24, 2.45) is 0 Å². The number of nitrogens with zero attached hydrogens (tertiary/aromatic N) is 1. The quantitative estimate of drug-likeness (QED) is 0.635. The van der Waals surface area contributed by atoms with E-state index in [1.54, 1.807) is 6.26 Å². The highest BCUT2D eigenvalue weighted by molar-refractivity contribution is 7.98. The number of alkyl halides is 3. The molecule has 1 aromatic carbocycles. The molecule has 0 atom stereocenters. The summed E-state index contributed by atoms with van der Waals surface area (Å²) >= 11 is 1.20. The lowest BCUT2D eigenvalue weighted by Crippen LogP contribution is -2.16. The first-order valence-electron chi connectivity index (χ1n) is 5.16. The molecule has 1 aromatic heterocycles. The molecule has 8 heteroatoms. The molecule has 2 rings (SSSR count). The van der Waals surface area contributed by atoms with Gasteiger partial charge in [0.05, 0.1) is 0 Å². The average molecular weight is 295 g/mol. The van der Waals surface area contributed by atoms with Gasteiger partial charge in [-0.15, -0.1) is 11.8 Å². The molecule has 0 fully saturated rings. The van der Waals surface area contributed by atoms with Crippen LogP contribution in [0, 0.1) is 5.82 Å². The first-order chi connectivity index (χ1) is 8.89.